The molecule has 5 heteroatoms. The molecule has 0 fully saturated rings. The monoisotopic (exact) mass is 298 g/mol. The van der Waals surface area contributed by atoms with Crippen LogP contribution in [0.25, 0.3) is 10.6 Å². The summed E-state index contributed by atoms with van der Waals surface area (Å²) >= 11 is 7.21. The third-order valence-electron chi connectivity index (χ3n) is 2.97. The van der Waals surface area contributed by atoms with Crippen molar-refractivity contribution in [3.8, 4) is 10.6 Å². The molecule has 2 nitrogen and oxygen atoms in total. The van der Waals surface area contributed by atoms with Crippen LogP contribution >= 0.6 is 22.9 Å². The van der Waals surface area contributed by atoms with Crippen LogP contribution in [0.2, 0.25) is 0 Å². The predicted molar refractivity (Wildman–Crippen MR) is 79.1 cm³/mol. The van der Waals surface area contributed by atoms with Gasteiger partial charge in [0.2, 0.25) is 0 Å². The average Bonchev–Trinajstić information content (AvgIpc) is 2.89. The number of hydrogen-bond donors (Lipinski definition) is 0. The van der Waals surface area contributed by atoms with Crippen LogP contribution in [-0.2, 0) is 12.4 Å². The van der Waals surface area contributed by atoms with Crippen molar-refractivity contribution in [1.82, 2.24) is 9.88 Å². The van der Waals surface area contributed by atoms with Crippen LogP contribution in [0.1, 0.15) is 18.2 Å². The highest BCUT2D eigenvalue weighted by Gasteiger charge is 2.09. The molecule has 0 saturated carbocycles. The number of rotatable bonds is 5. The maximum absolute atomic E-state index is 14.0. The third kappa shape index (κ3) is 3.53. The molecule has 0 spiro atoms. The van der Waals surface area contributed by atoms with Gasteiger partial charge in [-0.1, -0.05) is 19.1 Å². The van der Waals surface area contributed by atoms with Gasteiger partial charge in [-0.3, -0.25) is 0 Å². The fourth-order valence-corrected chi connectivity index (χ4v) is 2.76. The minimum absolute atomic E-state index is 0.180. The van der Waals surface area contributed by atoms with Crippen molar-refractivity contribution in [1.29, 1.82) is 0 Å². The minimum atomic E-state index is -0.180. The molecule has 0 bridgehead atoms. The van der Waals surface area contributed by atoms with Crippen LogP contribution in [0.3, 0.4) is 0 Å². The van der Waals surface area contributed by atoms with Crippen molar-refractivity contribution in [2.24, 2.45) is 0 Å². The van der Waals surface area contributed by atoms with Crippen LogP contribution in [0.15, 0.2) is 23.6 Å². The first-order valence-electron chi connectivity index (χ1n) is 6.11. The maximum atomic E-state index is 14.0. The summed E-state index contributed by atoms with van der Waals surface area (Å²) in [4.78, 5) is 6.42. The van der Waals surface area contributed by atoms with Gasteiger partial charge in [0.25, 0.3) is 0 Å². The summed E-state index contributed by atoms with van der Waals surface area (Å²) in [6.45, 7) is 3.57. The molecule has 2 rings (SSSR count). The van der Waals surface area contributed by atoms with Gasteiger partial charge in [-0.2, -0.15) is 0 Å². The van der Waals surface area contributed by atoms with Crippen LogP contribution in [0.4, 0.5) is 4.39 Å². The van der Waals surface area contributed by atoms with E-state index >= 15 is 0 Å². The molecule has 0 aliphatic carbocycles. The molecular weight excluding hydrogens is 283 g/mol. The van der Waals surface area contributed by atoms with Gasteiger partial charge in [-0.05, 0) is 19.7 Å². The second kappa shape index (κ2) is 6.46. The van der Waals surface area contributed by atoms with Gasteiger partial charge in [-0.25, -0.2) is 9.37 Å². The van der Waals surface area contributed by atoms with Crippen molar-refractivity contribution in [2.75, 3.05) is 13.6 Å². The fraction of sp³-hybridized carbons (Fsp3) is 0.357. The first-order chi connectivity index (χ1) is 9.13. The van der Waals surface area contributed by atoms with E-state index < -0.39 is 0 Å². The van der Waals surface area contributed by atoms with E-state index in [1.165, 1.54) is 11.3 Å². The second-order valence-electron chi connectivity index (χ2n) is 4.41. The Morgan fingerprint density at radius 3 is 2.79 bits per heavy atom. The molecule has 0 radical (unpaired) electrons. The highest BCUT2D eigenvalue weighted by atomic mass is 35.5. The Morgan fingerprint density at radius 1 is 1.42 bits per heavy atom. The predicted octanol–water partition coefficient (Wildman–Crippen LogP) is 4.14. The van der Waals surface area contributed by atoms with Crippen LogP contribution in [-0.4, -0.2) is 23.5 Å². The molecule has 19 heavy (non-hydrogen) atoms. The summed E-state index contributed by atoms with van der Waals surface area (Å²) in [5.74, 6) is 0.207. The van der Waals surface area contributed by atoms with Crippen LogP contribution in [0, 0.1) is 5.82 Å². The summed E-state index contributed by atoms with van der Waals surface area (Å²) in [5.41, 5.74) is 2.35. The van der Waals surface area contributed by atoms with Gasteiger partial charge in [0, 0.05) is 23.1 Å². The molecule has 0 aliphatic rings. The number of hydrogen-bond acceptors (Lipinski definition) is 3. The van der Waals surface area contributed by atoms with E-state index in [0.29, 0.717) is 18.0 Å². The molecule has 0 N–H and O–H groups in total. The lowest BCUT2D eigenvalue weighted by Gasteiger charge is -2.14. The maximum Gasteiger partial charge on any atom is 0.128 e. The quantitative estimate of drug-likeness (QED) is 0.771. The second-order valence-corrected chi connectivity index (χ2v) is 5.54. The van der Waals surface area contributed by atoms with Gasteiger partial charge in [0.15, 0.2) is 0 Å². The standard InChI is InChI=1S/C14H16ClFN2S/c1-3-18(2)8-11-5-4-10(6-13(11)16)14-17-12(7-15)9-19-14/h4-6,9H,3,7-8H2,1-2H3. The zero-order valence-corrected chi connectivity index (χ0v) is 12.6. The van der Waals surface area contributed by atoms with E-state index in [1.807, 2.05) is 24.6 Å². The van der Waals surface area contributed by atoms with Gasteiger partial charge < -0.3 is 4.90 Å². The lowest BCUT2D eigenvalue weighted by molar-refractivity contribution is 0.339. The Bertz CT molecular complexity index is 556. The molecule has 0 amide bonds. The summed E-state index contributed by atoms with van der Waals surface area (Å²) in [5, 5.41) is 2.71. The summed E-state index contributed by atoms with van der Waals surface area (Å²) in [6.07, 6.45) is 0. The Hall–Kier alpha value is -0.970. The number of halogens is 2. The topological polar surface area (TPSA) is 16.1 Å². The fourth-order valence-electron chi connectivity index (χ4n) is 1.71. The van der Waals surface area contributed by atoms with Crippen molar-refractivity contribution in [3.63, 3.8) is 0 Å². The van der Waals surface area contributed by atoms with Crippen LogP contribution in [0.5, 0.6) is 0 Å². The van der Waals surface area contributed by atoms with E-state index in [4.69, 9.17) is 11.6 Å². The highest BCUT2D eigenvalue weighted by molar-refractivity contribution is 7.13. The van der Waals surface area contributed by atoms with E-state index in [-0.39, 0.29) is 5.82 Å². The Kier molecular flexibility index (Phi) is 4.91. The largest absolute Gasteiger partial charge is 0.302 e. The van der Waals surface area contributed by atoms with E-state index in [9.17, 15) is 4.39 Å². The number of benzene rings is 1. The van der Waals surface area contributed by atoms with Crippen molar-refractivity contribution in [2.45, 2.75) is 19.3 Å². The molecular formula is C14H16ClFN2S. The molecule has 0 unspecified atom stereocenters. The number of nitrogens with zero attached hydrogens (tertiary/aromatic N) is 2. The van der Waals surface area contributed by atoms with Gasteiger partial charge in [0.05, 0.1) is 11.6 Å². The average molecular weight is 299 g/mol. The van der Waals surface area contributed by atoms with Gasteiger partial charge in [0.1, 0.15) is 10.8 Å². The first-order valence-corrected chi connectivity index (χ1v) is 7.53. The smallest absolute Gasteiger partial charge is 0.128 e. The van der Waals surface area contributed by atoms with Crippen molar-refractivity contribution in [3.05, 3.63) is 40.7 Å². The SMILES string of the molecule is CCN(C)Cc1ccc(-c2nc(CCl)cs2)cc1F. The lowest BCUT2D eigenvalue weighted by Crippen LogP contribution is -2.17. The normalized spacial score (nSPS) is 11.2. The molecule has 1 heterocycles. The lowest BCUT2D eigenvalue weighted by atomic mass is 10.1. The molecule has 2 aromatic rings. The summed E-state index contributed by atoms with van der Waals surface area (Å²) in [7, 11) is 1.97. The molecule has 0 atom stereocenters. The summed E-state index contributed by atoms with van der Waals surface area (Å²) < 4.78 is 14.0. The Balaban J connectivity index is 2.23. The van der Waals surface area contributed by atoms with E-state index in [2.05, 4.69) is 16.8 Å². The van der Waals surface area contributed by atoms with Gasteiger partial charge >= 0.3 is 0 Å². The molecule has 0 aliphatic heterocycles. The van der Waals surface area contributed by atoms with Crippen LogP contribution < -0.4 is 0 Å². The zero-order valence-electron chi connectivity index (χ0n) is 11.0. The molecule has 0 saturated heterocycles. The zero-order chi connectivity index (χ0) is 13.8. The number of thiazole rings is 1. The minimum Gasteiger partial charge on any atom is -0.302 e. The van der Waals surface area contributed by atoms with Crippen molar-refractivity contribution < 1.29 is 4.39 Å². The van der Waals surface area contributed by atoms with Gasteiger partial charge in [-0.15, -0.1) is 22.9 Å². The van der Waals surface area contributed by atoms with Crippen molar-refractivity contribution >= 4 is 22.9 Å². The molecule has 1 aromatic carbocycles. The number of alkyl halides is 1. The Labute approximate surface area is 121 Å². The number of aromatic nitrogens is 1. The summed E-state index contributed by atoms with van der Waals surface area (Å²) in [6, 6.07) is 5.30. The van der Waals surface area contributed by atoms with E-state index in [0.717, 1.165) is 22.8 Å². The third-order valence-corrected chi connectivity index (χ3v) is 4.18. The van der Waals surface area contributed by atoms with E-state index in [1.54, 1.807) is 6.07 Å². The molecule has 1 aromatic heterocycles. The Morgan fingerprint density at radius 2 is 2.21 bits per heavy atom. The first kappa shape index (κ1) is 14.4. The highest BCUT2D eigenvalue weighted by Crippen LogP contribution is 2.26. The molecule has 102 valence electrons.